The Bertz CT molecular complexity index is 501. The first-order valence-corrected chi connectivity index (χ1v) is 7.20. The van der Waals surface area contributed by atoms with Gasteiger partial charge in [-0.2, -0.15) is 13.2 Å². The second kappa shape index (κ2) is 6.91. The van der Waals surface area contributed by atoms with Crippen molar-refractivity contribution in [3.63, 3.8) is 0 Å². The van der Waals surface area contributed by atoms with Crippen molar-refractivity contribution in [3.8, 4) is 0 Å². The number of aliphatic hydroxyl groups is 1. The van der Waals surface area contributed by atoms with Gasteiger partial charge in [0.15, 0.2) is 11.6 Å². The van der Waals surface area contributed by atoms with Crippen LogP contribution in [0.3, 0.4) is 0 Å². The van der Waals surface area contributed by atoms with E-state index < -0.39 is 30.3 Å². The molecule has 7 heteroatoms. The normalized spacial score (nSPS) is 17.6. The zero-order valence-corrected chi connectivity index (χ0v) is 11.9. The molecule has 2 nitrogen and oxygen atoms in total. The van der Waals surface area contributed by atoms with Crippen LogP contribution in [0.2, 0.25) is 0 Å². The van der Waals surface area contributed by atoms with Crippen molar-refractivity contribution in [2.24, 2.45) is 0 Å². The summed E-state index contributed by atoms with van der Waals surface area (Å²) in [6.07, 6.45) is -3.81. The maximum absolute atomic E-state index is 13.2. The van der Waals surface area contributed by atoms with Crippen LogP contribution in [-0.2, 0) is 0 Å². The van der Waals surface area contributed by atoms with Crippen molar-refractivity contribution in [1.29, 1.82) is 0 Å². The van der Waals surface area contributed by atoms with Crippen molar-refractivity contribution >= 4 is 0 Å². The Kier molecular flexibility index (Phi) is 5.39. The van der Waals surface area contributed by atoms with Crippen LogP contribution in [0, 0.1) is 11.6 Å². The Morgan fingerprint density at radius 1 is 1.18 bits per heavy atom. The van der Waals surface area contributed by atoms with E-state index in [2.05, 4.69) is 0 Å². The molecule has 0 spiro atoms. The van der Waals surface area contributed by atoms with Crippen LogP contribution in [0.15, 0.2) is 18.2 Å². The van der Waals surface area contributed by atoms with E-state index in [0.717, 1.165) is 31.4 Å². The number of aliphatic hydroxyl groups excluding tert-OH is 1. The fourth-order valence-electron chi connectivity index (χ4n) is 2.49. The Balaban J connectivity index is 2.00. The Hall–Kier alpha value is -1.21. The molecule has 0 heterocycles. The van der Waals surface area contributed by atoms with Crippen LogP contribution in [0.25, 0.3) is 0 Å². The number of nitrogens with zero attached hydrogens (tertiary/aromatic N) is 1. The molecule has 1 aliphatic rings. The molecule has 0 saturated heterocycles. The van der Waals surface area contributed by atoms with Crippen molar-refractivity contribution in [1.82, 2.24) is 4.90 Å². The highest BCUT2D eigenvalue weighted by Crippen LogP contribution is 2.29. The highest BCUT2D eigenvalue weighted by Gasteiger charge is 2.32. The molecule has 1 aliphatic carbocycles. The molecule has 1 aromatic rings. The summed E-state index contributed by atoms with van der Waals surface area (Å²) in [6, 6.07) is 3.04. The lowest BCUT2D eigenvalue weighted by Gasteiger charge is -2.38. The Morgan fingerprint density at radius 2 is 1.86 bits per heavy atom. The second-order valence-corrected chi connectivity index (χ2v) is 5.63. The fourth-order valence-corrected chi connectivity index (χ4v) is 2.49. The molecular formula is C15H18F5NO. The third kappa shape index (κ3) is 4.64. The summed E-state index contributed by atoms with van der Waals surface area (Å²) >= 11 is 0. The Morgan fingerprint density at radius 3 is 2.36 bits per heavy atom. The minimum Gasteiger partial charge on any atom is -0.387 e. The van der Waals surface area contributed by atoms with Crippen LogP contribution in [0.1, 0.15) is 37.4 Å². The molecule has 0 bridgehead atoms. The van der Waals surface area contributed by atoms with E-state index in [1.807, 2.05) is 0 Å². The summed E-state index contributed by atoms with van der Waals surface area (Å²) in [7, 11) is 0. The Labute approximate surface area is 125 Å². The van der Waals surface area contributed by atoms with E-state index in [4.69, 9.17) is 0 Å². The average molecular weight is 323 g/mol. The van der Waals surface area contributed by atoms with Gasteiger partial charge in [-0.05, 0) is 30.5 Å². The van der Waals surface area contributed by atoms with Crippen molar-refractivity contribution in [2.75, 3.05) is 13.1 Å². The molecule has 0 aliphatic heterocycles. The quantitative estimate of drug-likeness (QED) is 0.805. The molecule has 2 rings (SSSR count). The largest absolute Gasteiger partial charge is 0.390 e. The second-order valence-electron chi connectivity index (χ2n) is 5.63. The van der Waals surface area contributed by atoms with Crippen LogP contribution >= 0.6 is 0 Å². The van der Waals surface area contributed by atoms with E-state index in [-0.39, 0.29) is 24.7 Å². The van der Waals surface area contributed by atoms with Crippen LogP contribution < -0.4 is 0 Å². The van der Waals surface area contributed by atoms with Crippen molar-refractivity contribution in [2.45, 2.75) is 44.0 Å². The minimum atomic E-state index is -4.26. The molecule has 1 N–H and O–H groups in total. The van der Waals surface area contributed by atoms with Gasteiger partial charge in [0.25, 0.3) is 0 Å². The lowest BCUT2D eigenvalue weighted by Crippen LogP contribution is -2.44. The van der Waals surface area contributed by atoms with Crippen LogP contribution in [-0.4, -0.2) is 35.3 Å². The topological polar surface area (TPSA) is 23.5 Å². The third-order valence-electron chi connectivity index (χ3n) is 4.01. The van der Waals surface area contributed by atoms with Gasteiger partial charge >= 0.3 is 6.18 Å². The number of alkyl halides is 3. The minimum absolute atomic E-state index is 0.0160. The standard InChI is InChI=1S/C15H18F5NO/c16-12-5-4-10(8-13(12)17)14(22)9-21(11-2-1-3-11)7-6-15(18,19)20/h4-5,8,11,14,22H,1-3,6-7,9H2. The van der Waals surface area contributed by atoms with Gasteiger partial charge in [-0.3, -0.25) is 4.90 Å². The SMILES string of the molecule is OC(CN(CCC(F)(F)F)C1CCC1)c1ccc(F)c(F)c1. The maximum atomic E-state index is 13.2. The fraction of sp³-hybridized carbons (Fsp3) is 0.600. The lowest BCUT2D eigenvalue weighted by molar-refractivity contribution is -0.141. The predicted octanol–water partition coefficient (Wildman–Crippen LogP) is 3.81. The van der Waals surface area contributed by atoms with E-state index in [1.54, 1.807) is 4.90 Å². The summed E-state index contributed by atoms with van der Waals surface area (Å²) in [5.74, 6) is -2.11. The zero-order chi connectivity index (χ0) is 16.3. The molecule has 1 saturated carbocycles. The van der Waals surface area contributed by atoms with Crippen LogP contribution in [0.4, 0.5) is 22.0 Å². The monoisotopic (exact) mass is 323 g/mol. The van der Waals surface area contributed by atoms with E-state index in [1.165, 1.54) is 6.07 Å². The number of hydrogen-bond donors (Lipinski definition) is 1. The molecule has 1 aromatic carbocycles. The first kappa shape index (κ1) is 17.1. The summed E-state index contributed by atoms with van der Waals surface area (Å²) in [5.41, 5.74) is 0.162. The highest BCUT2D eigenvalue weighted by molar-refractivity contribution is 5.20. The van der Waals surface area contributed by atoms with Gasteiger partial charge in [-0.1, -0.05) is 12.5 Å². The summed E-state index contributed by atoms with van der Waals surface area (Å²) in [6.45, 7) is -0.222. The smallest absolute Gasteiger partial charge is 0.387 e. The first-order valence-electron chi connectivity index (χ1n) is 7.20. The van der Waals surface area contributed by atoms with Gasteiger partial charge in [-0.25, -0.2) is 8.78 Å². The maximum Gasteiger partial charge on any atom is 0.390 e. The number of hydrogen-bond acceptors (Lipinski definition) is 2. The van der Waals surface area contributed by atoms with Gasteiger partial charge in [-0.15, -0.1) is 0 Å². The highest BCUT2D eigenvalue weighted by atomic mass is 19.4. The van der Waals surface area contributed by atoms with Gasteiger partial charge < -0.3 is 5.11 Å². The van der Waals surface area contributed by atoms with Gasteiger partial charge in [0.2, 0.25) is 0 Å². The summed E-state index contributed by atoms with van der Waals surface area (Å²) in [5, 5.41) is 10.1. The molecule has 1 unspecified atom stereocenters. The number of benzene rings is 1. The molecule has 0 radical (unpaired) electrons. The van der Waals surface area contributed by atoms with Gasteiger partial charge in [0.1, 0.15) is 0 Å². The first-order chi connectivity index (χ1) is 10.3. The van der Waals surface area contributed by atoms with Gasteiger partial charge in [0, 0.05) is 19.1 Å². The van der Waals surface area contributed by atoms with Crippen LogP contribution in [0.5, 0.6) is 0 Å². The molecule has 22 heavy (non-hydrogen) atoms. The lowest BCUT2D eigenvalue weighted by atomic mass is 9.90. The molecule has 0 aromatic heterocycles. The molecule has 124 valence electrons. The van der Waals surface area contributed by atoms with Gasteiger partial charge in [0.05, 0.1) is 12.5 Å². The predicted molar refractivity (Wildman–Crippen MR) is 71.2 cm³/mol. The van der Waals surface area contributed by atoms with E-state index in [9.17, 15) is 27.1 Å². The van der Waals surface area contributed by atoms with Crippen molar-refractivity contribution in [3.05, 3.63) is 35.4 Å². The molecule has 0 amide bonds. The number of halogens is 5. The van der Waals surface area contributed by atoms with E-state index in [0.29, 0.717) is 0 Å². The molecule has 1 fully saturated rings. The van der Waals surface area contributed by atoms with Crippen molar-refractivity contribution < 1.29 is 27.1 Å². The number of rotatable bonds is 6. The molecule has 1 atom stereocenters. The average Bonchev–Trinajstić information content (AvgIpc) is 2.36. The zero-order valence-electron chi connectivity index (χ0n) is 11.9. The summed E-state index contributed by atoms with van der Waals surface area (Å²) < 4.78 is 63.2. The van der Waals surface area contributed by atoms with E-state index >= 15 is 0 Å². The summed E-state index contributed by atoms with van der Waals surface area (Å²) in [4.78, 5) is 1.59. The molecular weight excluding hydrogens is 305 g/mol. The third-order valence-corrected chi connectivity index (χ3v) is 4.01.